The normalized spacial score (nSPS) is 10.8. The minimum absolute atomic E-state index is 0.164. The maximum Gasteiger partial charge on any atom is 0.217 e. The van der Waals surface area contributed by atoms with Gasteiger partial charge in [0.2, 0.25) is 5.91 Å². The number of benzene rings is 2. The van der Waals surface area contributed by atoms with Gasteiger partial charge in [-0.05, 0) is 41.8 Å². The van der Waals surface area contributed by atoms with Gasteiger partial charge in [-0.3, -0.25) is 4.79 Å². The second-order valence-corrected chi connectivity index (χ2v) is 4.67. The molecule has 0 saturated heterocycles. The smallest absolute Gasteiger partial charge is 0.217 e. The molecule has 1 amide bonds. The molecule has 0 aliphatic rings. The molecule has 0 spiro atoms. The molecule has 20 heavy (non-hydrogen) atoms. The van der Waals surface area contributed by atoms with E-state index in [9.17, 15) is 13.6 Å². The van der Waals surface area contributed by atoms with Gasteiger partial charge in [0.25, 0.3) is 0 Å². The molecule has 0 fully saturated rings. The zero-order chi connectivity index (χ0) is 14.5. The van der Waals surface area contributed by atoms with Crippen LogP contribution in [0.15, 0.2) is 48.5 Å². The lowest BCUT2D eigenvalue weighted by molar-refractivity contribution is -0.118. The third-order valence-corrected chi connectivity index (χ3v) is 3.18. The molecule has 2 N–H and O–H groups in total. The van der Waals surface area contributed by atoms with E-state index in [1.807, 2.05) is 0 Å². The first kappa shape index (κ1) is 14.2. The Morgan fingerprint density at radius 1 is 1.00 bits per heavy atom. The van der Waals surface area contributed by atoms with Gasteiger partial charge >= 0.3 is 0 Å². The highest BCUT2D eigenvalue weighted by Gasteiger charge is 2.16. The van der Waals surface area contributed by atoms with Crippen LogP contribution in [0, 0.1) is 11.6 Å². The molecule has 0 atom stereocenters. The average molecular weight is 275 g/mol. The van der Waals surface area contributed by atoms with E-state index in [1.165, 1.54) is 24.3 Å². The fraction of sp³-hybridized carbons (Fsp3) is 0.188. The summed E-state index contributed by atoms with van der Waals surface area (Å²) in [5.74, 6) is -1.40. The quantitative estimate of drug-likeness (QED) is 0.893. The van der Waals surface area contributed by atoms with Crippen LogP contribution in [0.1, 0.15) is 29.9 Å². The number of carbonyl (C=O) groups excluding carboxylic acids is 1. The van der Waals surface area contributed by atoms with Crippen molar-refractivity contribution in [3.05, 3.63) is 71.3 Å². The maximum atomic E-state index is 13.4. The van der Waals surface area contributed by atoms with Crippen LogP contribution in [0.4, 0.5) is 8.78 Å². The summed E-state index contributed by atoms with van der Waals surface area (Å²) in [6, 6.07) is 12.2. The van der Waals surface area contributed by atoms with Crippen molar-refractivity contribution in [3.8, 4) is 0 Å². The Morgan fingerprint density at radius 3 is 1.90 bits per heavy atom. The summed E-state index contributed by atoms with van der Waals surface area (Å²) in [5, 5.41) is 0. The first-order chi connectivity index (χ1) is 9.56. The van der Waals surface area contributed by atoms with Crippen LogP contribution >= 0.6 is 0 Å². The molecule has 2 aromatic carbocycles. The molecule has 0 aromatic heterocycles. The largest absolute Gasteiger partial charge is 0.370 e. The lowest BCUT2D eigenvalue weighted by atomic mass is 9.87. The molecule has 0 saturated carbocycles. The Hall–Kier alpha value is -2.23. The summed E-state index contributed by atoms with van der Waals surface area (Å²) < 4.78 is 26.7. The number of rotatable bonds is 5. The van der Waals surface area contributed by atoms with E-state index in [-0.39, 0.29) is 24.0 Å². The monoisotopic (exact) mass is 275 g/mol. The molecule has 104 valence electrons. The standard InChI is InChI=1S/C16H15F2NO/c17-13-5-1-3-11(9-13)15(7-8-16(19)20)12-4-2-6-14(18)10-12/h1-6,9-10,15H,7-8H2,(H2,19,20). The van der Waals surface area contributed by atoms with Crippen LogP contribution in [-0.4, -0.2) is 5.91 Å². The molecule has 0 heterocycles. The SMILES string of the molecule is NC(=O)CCC(c1cccc(F)c1)c1cccc(F)c1. The van der Waals surface area contributed by atoms with E-state index >= 15 is 0 Å². The number of carbonyl (C=O) groups is 1. The van der Waals surface area contributed by atoms with Crippen molar-refractivity contribution < 1.29 is 13.6 Å². The van der Waals surface area contributed by atoms with Gasteiger partial charge in [-0.15, -0.1) is 0 Å². The van der Waals surface area contributed by atoms with Gasteiger partial charge in [-0.1, -0.05) is 24.3 Å². The van der Waals surface area contributed by atoms with Gasteiger partial charge < -0.3 is 5.73 Å². The highest BCUT2D eigenvalue weighted by atomic mass is 19.1. The van der Waals surface area contributed by atoms with Gasteiger partial charge in [0.15, 0.2) is 0 Å². The van der Waals surface area contributed by atoms with E-state index < -0.39 is 5.91 Å². The topological polar surface area (TPSA) is 43.1 Å². The van der Waals surface area contributed by atoms with Crippen LogP contribution in [-0.2, 0) is 4.79 Å². The zero-order valence-corrected chi connectivity index (χ0v) is 10.9. The van der Waals surface area contributed by atoms with Gasteiger partial charge in [0.1, 0.15) is 11.6 Å². The van der Waals surface area contributed by atoms with Crippen LogP contribution in [0.3, 0.4) is 0 Å². The molecule has 0 unspecified atom stereocenters. The molecule has 2 aromatic rings. The fourth-order valence-corrected chi connectivity index (χ4v) is 2.26. The van der Waals surface area contributed by atoms with Crippen molar-refractivity contribution in [2.45, 2.75) is 18.8 Å². The van der Waals surface area contributed by atoms with Gasteiger partial charge in [0, 0.05) is 12.3 Å². The van der Waals surface area contributed by atoms with E-state index in [0.29, 0.717) is 17.5 Å². The molecular formula is C16H15F2NO. The summed E-state index contributed by atoms with van der Waals surface area (Å²) >= 11 is 0. The van der Waals surface area contributed by atoms with E-state index in [1.54, 1.807) is 24.3 Å². The molecule has 0 bridgehead atoms. The van der Waals surface area contributed by atoms with E-state index in [4.69, 9.17) is 5.73 Å². The molecule has 2 nitrogen and oxygen atoms in total. The summed E-state index contributed by atoms with van der Waals surface area (Å²) in [6.45, 7) is 0. The minimum Gasteiger partial charge on any atom is -0.370 e. The highest BCUT2D eigenvalue weighted by Crippen LogP contribution is 2.30. The van der Waals surface area contributed by atoms with Crippen LogP contribution in [0.2, 0.25) is 0 Å². The van der Waals surface area contributed by atoms with Crippen molar-refractivity contribution in [3.63, 3.8) is 0 Å². The summed E-state index contributed by atoms with van der Waals surface area (Å²) in [7, 11) is 0. The first-order valence-electron chi connectivity index (χ1n) is 6.35. The molecule has 0 aliphatic carbocycles. The third kappa shape index (κ3) is 3.63. The third-order valence-electron chi connectivity index (χ3n) is 3.18. The lowest BCUT2D eigenvalue weighted by Crippen LogP contribution is -2.13. The van der Waals surface area contributed by atoms with Crippen molar-refractivity contribution >= 4 is 5.91 Å². The second-order valence-electron chi connectivity index (χ2n) is 4.67. The van der Waals surface area contributed by atoms with Crippen LogP contribution in [0.25, 0.3) is 0 Å². The molecule has 0 aliphatic heterocycles. The number of hydrogen-bond donors (Lipinski definition) is 1. The predicted molar refractivity (Wildman–Crippen MR) is 73.1 cm³/mol. The van der Waals surface area contributed by atoms with E-state index in [2.05, 4.69) is 0 Å². The highest BCUT2D eigenvalue weighted by molar-refractivity contribution is 5.73. The Morgan fingerprint density at radius 2 is 1.50 bits per heavy atom. The van der Waals surface area contributed by atoms with Crippen molar-refractivity contribution in [2.24, 2.45) is 5.73 Å². The lowest BCUT2D eigenvalue weighted by Gasteiger charge is -2.17. The number of amides is 1. The number of hydrogen-bond acceptors (Lipinski definition) is 1. The summed E-state index contributed by atoms with van der Waals surface area (Å²) in [4.78, 5) is 11.0. The Kier molecular flexibility index (Phi) is 4.45. The predicted octanol–water partition coefficient (Wildman–Crippen LogP) is 3.36. The Bertz CT molecular complexity index is 567. The van der Waals surface area contributed by atoms with Gasteiger partial charge in [0.05, 0.1) is 0 Å². The number of halogens is 2. The molecular weight excluding hydrogens is 260 g/mol. The Balaban J connectivity index is 2.36. The van der Waals surface area contributed by atoms with Crippen LogP contribution in [0.5, 0.6) is 0 Å². The number of primary amides is 1. The van der Waals surface area contributed by atoms with E-state index in [0.717, 1.165) is 0 Å². The minimum atomic E-state index is -0.428. The fourth-order valence-electron chi connectivity index (χ4n) is 2.26. The number of nitrogens with two attached hydrogens (primary N) is 1. The van der Waals surface area contributed by atoms with Crippen molar-refractivity contribution in [1.82, 2.24) is 0 Å². The van der Waals surface area contributed by atoms with Gasteiger partial charge in [-0.2, -0.15) is 0 Å². The first-order valence-corrected chi connectivity index (χ1v) is 6.35. The van der Waals surface area contributed by atoms with Crippen molar-refractivity contribution in [2.75, 3.05) is 0 Å². The van der Waals surface area contributed by atoms with Crippen LogP contribution < -0.4 is 5.73 Å². The summed E-state index contributed by atoms with van der Waals surface area (Å²) in [6.07, 6.45) is 0.583. The zero-order valence-electron chi connectivity index (χ0n) is 10.9. The molecule has 2 rings (SSSR count). The second kappa shape index (κ2) is 6.28. The Labute approximate surface area is 116 Å². The summed E-state index contributed by atoms with van der Waals surface area (Å²) in [5.41, 5.74) is 6.58. The molecule has 4 heteroatoms. The average Bonchev–Trinajstić information content (AvgIpc) is 2.39. The van der Waals surface area contributed by atoms with Gasteiger partial charge in [-0.25, -0.2) is 8.78 Å². The molecule has 0 radical (unpaired) electrons. The maximum absolute atomic E-state index is 13.4. The van der Waals surface area contributed by atoms with Crippen molar-refractivity contribution in [1.29, 1.82) is 0 Å².